The smallest absolute Gasteiger partial charge is 0.211 e. The maximum Gasteiger partial charge on any atom is 0.211 e. The average Bonchev–Trinajstić information content (AvgIpc) is 2.79. The van der Waals surface area contributed by atoms with Gasteiger partial charge < -0.3 is 21.5 Å². The van der Waals surface area contributed by atoms with Gasteiger partial charge in [-0.1, -0.05) is 12.1 Å². The minimum absolute atomic E-state index is 0.0359. The summed E-state index contributed by atoms with van der Waals surface area (Å²) < 4.78 is 32.5. The molecule has 1 atom stereocenters. The summed E-state index contributed by atoms with van der Waals surface area (Å²) in [5, 5.41) is 23.6. The van der Waals surface area contributed by atoms with Crippen LogP contribution in [0.4, 0.5) is 26.1 Å². The van der Waals surface area contributed by atoms with E-state index >= 15 is 0 Å². The lowest BCUT2D eigenvalue weighted by Gasteiger charge is -2.26. The fourth-order valence-electron chi connectivity index (χ4n) is 3.37. The Balaban J connectivity index is 1.64. The molecular weight excluding hydrogens is 430 g/mol. The minimum atomic E-state index is -0.694. The summed E-state index contributed by atoms with van der Waals surface area (Å²) in [5.41, 5.74) is 13.5. The molecule has 33 heavy (non-hydrogen) atoms. The van der Waals surface area contributed by atoms with Gasteiger partial charge in [-0.2, -0.15) is 10.5 Å². The van der Waals surface area contributed by atoms with E-state index in [1.807, 2.05) is 6.07 Å². The molecule has 0 saturated heterocycles. The van der Waals surface area contributed by atoms with E-state index < -0.39 is 17.7 Å². The SMILES string of the molecule is N#CNC1=NC(c2ccc(OCc3ccc(F)cc3F)cc2)c2c(nc(N)c(C#N)c2N)N1. The summed E-state index contributed by atoms with van der Waals surface area (Å²) in [5.74, 6) is -0.553. The number of benzene rings is 2. The van der Waals surface area contributed by atoms with E-state index in [1.165, 1.54) is 6.07 Å². The van der Waals surface area contributed by atoms with Gasteiger partial charge in [0.15, 0.2) is 6.19 Å². The summed E-state index contributed by atoms with van der Waals surface area (Å²) in [6, 6.07) is 11.2. The molecule has 164 valence electrons. The van der Waals surface area contributed by atoms with Crippen LogP contribution in [0.25, 0.3) is 0 Å². The summed E-state index contributed by atoms with van der Waals surface area (Å²) in [6.45, 7) is -0.0856. The van der Waals surface area contributed by atoms with Gasteiger partial charge in [-0.15, -0.1) is 0 Å². The predicted molar refractivity (Wildman–Crippen MR) is 117 cm³/mol. The summed E-state index contributed by atoms with van der Waals surface area (Å²) in [7, 11) is 0. The fraction of sp³-hybridized carbons (Fsp3) is 0.0909. The van der Waals surface area contributed by atoms with E-state index in [-0.39, 0.29) is 41.0 Å². The maximum atomic E-state index is 13.8. The van der Waals surface area contributed by atoms with E-state index in [0.29, 0.717) is 16.9 Å². The van der Waals surface area contributed by atoms with Crippen LogP contribution in [-0.2, 0) is 6.61 Å². The molecule has 2 aromatic carbocycles. The molecule has 0 amide bonds. The zero-order chi connectivity index (χ0) is 23.5. The van der Waals surface area contributed by atoms with Crippen molar-refractivity contribution in [2.45, 2.75) is 12.6 Å². The number of halogens is 2. The van der Waals surface area contributed by atoms with Gasteiger partial charge in [-0.25, -0.2) is 18.8 Å². The van der Waals surface area contributed by atoms with Crippen LogP contribution in [0.2, 0.25) is 0 Å². The first-order valence-electron chi connectivity index (χ1n) is 9.56. The molecule has 0 radical (unpaired) electrons. The van der Waals surface area contributed by atoms with Gasteiger partial charge in [0.1, 0.15) is 53.3 Å². The standard InChI is InChI=1S/C22H16F2N8O/c23-13-4-1-12(16(24)7-13)9-33-14-5-2-11(3-6-14)19-17-18(27)15(8-25)20(28)31-21(17)32-22(30-19)29-10-26/h1-7,19H,9H2,(H6,27,28,29,30,31,32). The van der Waals surface area contributed by atoms with E-state index in [4.69, 9.17) is 21.5 Å². The first kappa shape index (κ1) is 21.3. The molecule has 3 aromatic rings. The Kier molecular flexibility index (Phi) is 5.62. The average molecular weight is 446 g/mol. The number of fused-ring (bicyclic) bond motifs is 1. The molecule has 9 nitrogen and oxygen atoms in total. The highest BCUT2D eigenvalue weighted by molar-refractivity contribution is 5.98. The number of nitrogen functional groups attached to an aromatic ring is 2. The van der Waals surface area contributed by atoms with E-state index in [0.717, 1.165) is 12.1 Å². The quantitative estimate of drug-likeness (QED) is 0.352. The van der Waals surface area contributed by atoms with Crippen molar-refractivity contribution in [3.63, 3.8) is 0 Å². The van der Waals surface area contributed by atoms with Crippen molar-refractivity contribution in [1.82, 2.24) is 10.3 Å². The Morgan fingerprint density at radius 2 is 1.88 bits per heavy atom. The minimum Gasteiger partial charge on any atom is -0.489 e. The summed E-state index contributed by atoms with van der Waals surface area (Å²) in [6.07, 6.45) is 1.78. The number of rotatable bonds is 4. The van der Waals surface area contributed by atoms with Gasteiger partial charge in [0.2, 0.25) is 5.96 Å². The molecule has 0 spiro atoms. The van der Waals surface area contributed by atoms with Gasteiger partial charge in [0.05, 0.1) is 5.69 Å². The van der Waals surface area contributed by atoms with Crippen LogP contribution < -0.4 is 26.8 Å². The zero-order valence-corrected chi connectivity index (χ0v) is 16.9. The maximum absolute atomic E-state index is 13.8. The third-order valence-electron chi connectivity index (χ3n) is 4.96. The van der Waals surface area contributed by atoms with Gasteiger partial charge in [0, 0.05) is 17.2 Å². The van der Waals surface area contributed by atoms with Crippen molar-refractivity contribution in [1.29, 1.82) is 10.5 Å². The van der Waals surface area contributed by atoms with Crippen molar-refractivity contribution in [2.24, 2.45) is 4.99 Å². The number of nitrogens with one attached hydrogen (secondary N) is 2. The molecule has 0 saturated carbocycles. The number of hydrogen-bond acceptors (Lipinski definition) is 9. The van der Waals surface area contributed by atoms with Crippen LogP contribution in [0.1, 0.15) is 28.3 Å². The molecular formula is C22H16F2N8O. The third-order valence-corrected chi connectivity index (χ3v) is 4.96. The Morgan fingerprint density at radius 3 is 2.55 bits per heavy atom. The Hall–Kier alpha value is -4.90. The first-order valence-corrected chi connectivity index (χ1v) is 9.56. The topological polar surface area (TPSA) is 158 Å². The van der Waals surface area contributed by atoms with Crippen molar-refractivity contribution in [2.75, 3.05) is 16.8 Å². The van der Waals surface area contributed by atoms with Crippen molar-refractivity contribution >= 4 is 23.3 Å². The zero-order valence-electron chi connectivity index (χ0n) is 16.9. The van der Waals surface area contributed by atoms with E-state index in [9.17, 15) is 14.0 Å². The highest BCUT2D eigenvalue weighted by Gasteiger charge is 2.29. The van der Waals surface area contributed by atoms with Crippen LogP contribution in [0.3, 0.4) is 0 Å². The van der Waals surface area contributed by atoms with Crippen molar-refractivity contribution < 1.29 is 13.5 Å². The second-order valence-electron chi connectivity index (χ2n) is 7.00. The van der Waals surface area contributed by atoms with E-state index in [1.54, 1.807) is 30.5 Å². The summed E-state index contributed by atoms with van der Waals surface area (Å²) in [4.78, 5) is 8.66. The van der Waals surface area contributed by atoms with Crippen LogP contribution in [-0.4, -0.2) is 10.9 Å². The van der Waals surface area contributed by atoms with Gasteiger partial charge in [-0.3, -0.25) is 5.32 Å². The molecule has 0 aliphatic carbocycles. The van der Waals surface area contributed by atoms with Crippen LogP contribution in [0.15, 0.2) is 47.5 Å². The molecule has 11 heteroatoms. The molecule has 2 heterocycles. The van der Waals surface area contributed by atoms with Crippen molar-refractivity contribution in [3.05, 3.63) is 76.4 Å². The van der Waals surface area contributed by atoms with Gasteiger partial charge in [-0.05, 0) is 29.8 Å². The number of aliphatic imine (C=N–C) groups is 1. The number of hydrogen-bond donors (Lipinski definition) is 4. The molecule has 0 bridgehead atoms. The molecule has 0 fully saturated rings. The second kappa shape index (κ2) is 8.69. The van der Waals surface area contributed by atoms with E-state index in [2.05, 4.69) is 20.6 Å². The number of anilines is 3. The van der Waals surface area contributed by atoms with Crippen LogP contribution in [0.5, 0.6) is 5.75 Å². The van der Waals surface area contributed by atoms with Crippen LogP contribution >= 0.6 is 0 Å². The monoisotopic (exact) mass is 446 g/mol. The number of nitrogens with zero attached hydrogens (tertiary/aromatic N) is 4. The normalized spacial score (nSPS) is 14.2. The van der Waals surface area contributed by atoms with Crippen molar-refractivity contribution in [3.8, 4) is 18.0 Å². The number of aromatic nitrogens is 1. The largest absolute Gasteiger partial charge is 0.489 e. The Labute approximate surface area is 186 Å². The molecule has 1 aliphatic rings. The molecule has 1 aromatic heterocycles. The number of guanidine groups is 1. The number of pyridine rings is 1. The first-order chi connectivity index (χ1) is 15.9. The van der Waals surface area contributed by atoms with Crippen LogP contribution in [0, 0.1) is 34.4 Å². The highest BCUT2D eigenvalue weighted by atomic mass is 19.1. The lowest BCUT2D eigenvalue weighted by molar-refractivity contribution is 0.299. The molecule has 1 unspecified atom stereocenters. The molecule has 4 rings (SSSR count). The van der Waals surface area contributed by atoms with Gasteiger partial charge in [0.25, 0.3) is 0 Å². The molecule has 1 aliphatic heterocycles. The lowest BCUT2D eigenvalue weighted by atomic mass is 9.95. The predicted octanol–water partition coefficient (Wildman–Crippen LogP) is 2.92. The third kappa shape index (κ3) is 4.16. The number of nitriles is 2. The number of nitrogens with two attached hydrogens (primary N) is 2. The molecule has 6 N–H and O–H groups in total. The second-order valence-corrected chi connectivity index (χ2v) is 7.00. The fourth-order valence-corrected chi connectivity index (χ4v) is 3.37. The summed E-state index contributed by atoms with van der Waals surface area (Å²) >= 11 is 0. The highest BCUT2D eigenvalue weighted by Crippen LogP contribution is 2.40. The Morgan fingerprint density at radius 1 is 1.12 bits per heavy atom. The Bertz CT molecular complexity index is 1340. The lowest BCUT2D eigenvalue weighted by Crippen LogP contribution is -2.32. The number of ether oxygens (including phenoxy) is 1. The van der Waals surface area contributed by atoms with Gasteiger partial charge >= 0.3 is 0 Å².